The van der Waals surface area contributed by atoms with Crippen molar-refractivity contribution in [3.63, 3.8) is 0 Å². The fourth-order valence-electron chi connectivity index (χ4n) is 2.55. The van der Waals surface area contributed by atoms with E-state index in [1.807, 2.05) is 0 Å². The third kappa shape index (κ3) is 4.10. The molecule has 18 heavy (non-hydrogen) atoms. The first-order chi connectivity index (χ1) is 8.44. The molecule has 1 N–H and O–H groups in total. The summed E-state index contributed by atoms with van der Waals surface area (Å²) in [5, 5.41) is 3.72. The molecule has 0 saturated heterocycles. The van der Waals surface area contributed by atoms with Crippen molar-refractivity contribution in [1.29, 1.82) is 0 Å². The van der Waals surface area contributed by atoms with Crippen LogP contribution in [-0.2, 0) is 12.8 Å². The number of aryl methyl sites for hydroxylation is 1. The van der Waals surface area contributed by atoms with Gasteiger partial charge in [-0.3, -0.25) is 0 Å². The van der Waals surface area contributed by atoms with Crippen LogP contribution in [0.15, 0.2) is 22.7 Å². The van der Waals surface area contributed by atoms with E-state index < -0.39 is 0 Å². The first-order valence-electron chi connectivity index (χ1n) is 6.95. The van der Waals surface area contributed by atoms with Gasteiger partial charge in [0.25, 0.3) is 0 Å². The molecular formula is C16H24BrN. The SMILES string of the molecule is CC(C)(C)CCNC1CCc2cc(Br)ccc2C1. The van der Waals surface area contributed by atoms with E-state index in [-0.39, 0.29) is 0 Å². The summed E-state index contributed by atoms with van der Waals surface area (Å²) in [6, 6.07) is 7.38. The van der Waals surface area contributed by atoms with Gasteiger partial charge in [-0.1, -0.05) is 42.8 Å². The molecule has 2 heteroatoms. The van der Waals surface area contributed by atoms with Crippen LogP contribution in [0.5, 0.6) is 0 Å². The Kier molecular flexibility index (Phi) is 4.50. The predicted octanol–water partition coefficient (Wildman–Crippen LogP) is 4.33. The van der Waals surface area contributed by atoms with Crippen LogP contribution >= 0.6 is 15.9 Å². The third-order valence-electron chi connectivity index (χ3n) is 3.70. The minimum Gasteiger partial charge on any atom is -0.314 e. The Balaban J connectivity index is 1.86. The third-order valence-corrected chi connectivity index (χ3v) is 4.20. The van der Waals surface area contributed by atoms with Crippen LogP contribution in [0.1, 0.15) is 44.7 Å². The van der Waals surface area contributed by atoms with Gasteiger partial charge in [0, 0.05) is 10.5 Å². The maximum atomic E-state index is 3.72. The highest BCUT2D eigenvalue weighted by Crippen LogP contribution is 2.25. The maximum absolute atomic E-state index is 3.72. The molecule has 2 rings (SSSR count). The predicted molar refractivity (Wildman–Crippen MR) is 82.0 cm³/mol. The standard InChI is InChI=1S/C16H24BrN/c1-16(2,3)8-9-18-15-7-5-12-10-14(17)6-4-13(12)11-15/h4,6,10,15,18H,5,7-9,11H2,1-3H3. The van der Waals surface area contributed by atoms with E-state index in [0.29, 0.717) is 11.5 Å². The lowest BCUT2D eigenvalue weighted by Gasteiger charge is -2.27. The van der Waals surface area contributed by atoms with Gasteiger partial charge in [0.1, 0.15) is 0 Å². The lowest BCUT2D eigenvalue weighted by Crippen LogP contribution is -2.36. The van der Waals surface area contributed by atoms with Crippen LogP contribution < -0.4 is 5.32 Å². The summed E-state index contributed by atoms with van der Waals surface area (Å²) in [6.45, 7) is 8.06. The summed E-state index contributed by atoms with van der Waals surface area (Å²) in [5.41, 5.74) is 3.49. The fraction of sp³-hybridized carbons (Fsp3) is 0.625. The van der Waals surface area contributed by atoms with Crippen LogP contribution in [0.2, 0.25) is 0 Å². The van der Waals surface area contributed by atoms with E-state index in [9.17, 15) is 0 Å². The van der Waals surface area contributed by atoms with E-state index in [0.717, 1.165) is 6.54 Å². The summed E-state index contributed by atoms with van der Waals surface area (Å²) >= 11 is 3.55. The van der Waals surface area contributed by atoms with Crippen molar-refractivity contribution in [1.82, 2.24) is 5.32 Å². The van der Waals surface area contributed by atoms with Gasteiger partial charge in [0.15, 0.2) is 0 Å². The van der Waals surface area contributed by atoms with Crippen molar-refractivity contribution in [2.75, 3.05) is 6.54 Å². The van der Waals surface area contributed by atoms with Crippen LogP contribution in [0.4, 0.5) is 0 Å². The second-order valence-electron chi connectivity index (χ2n) is 6.62. The molecule has 1 atom stereocenters. The van der Waals surface area contributed by atoms with E-state index in [1.54, 1.807) is 0 Å². The Morgan fingerprint density at radius 2 is 2.06 bits per heavy atom. The Hall–Kier alpha value is -0.340. The zero-order chi connectivity index (χ0) is 13.2. The zero-order valence-corrected chi connectivity index (χ0v) is 13.3. The zero-order valence-electron chi connectivity index (χ0n) is 11.7. The molecule has 0 aromatic heterocycles. The lowest BCUT2D eigenvalue weighted by molar-refractivity contribution is 0.345. The van der Waals surface area contributed by atoms with Gasteiger partial charge >= 0.3 is 0 Å². The lowest BCUT2D eigenvalue weighted by atomic mass is 9.87. The summed E-state index contributed by atoms with van der Waals surface area (Å²) < 4.78 is 1.21. The maximum Gasteiger partial charge on any atom is 0.0178 e. The second-order valence-corrected chi connectivity index (χ2v) is 7.53. The summed E-state index contributed by atoms with van der Waals surface area (Å²) in [4.78, 5) is 0. The molecule has 1 aromatic rings. The van der Waals surface area contributed by atoms with Gasteiger partial charge in [-0.25, -0.2) is 0 Å². The monoisotopic (exact) mass is 309 g/mol. The van der Waals surface area contributed by atoms with E-state index >= 15 is 0 Å². The number of nitrogens with one attached hydrogen (secondary N) is 1. The van der Waals surface area contributed by atoms with Gasteiger partial charge in [-0.2, -0.15) is 0 Å². The van der Waals surface area contributed by atoms with Crippen LogP contribution in [0, 0.1) is 5.41 Å². The Labute approximate surface area is 119 Å². The first-order valence-corrected chi connectivity index (χ1v) is 7.74. The molecular weight excluding hydrogens is 286 g/mol. The second kappa shape index (κ2) is 5.75. The van der Waals surface area contributed by atoms with Crippen molar-refractivity contribution in [2.24, 2.45) is 5.41 Å². The molecule has 100 valence electrons. The van der Waals surface area contributed by atoms with Crippen molar-refractivity contribution >= 4 is 15.9 Å². The summed E-state index contributed by atoms with van der Waals surface area (Å²) in [7, 11) is 0. The largest absolute Gasteiger partial charge is 0.314 e. The number of rotatable bonds is 3. The number of hydrogen-bond donors (Lipinski definition) is 1. The van der Waals surface area contributed by atoms with Gasteiger partial charge < -0.3 is 5.32 Å². The quantitative estimate of drug-likeness (QED) is 0.876. The number of hydrogen-bond acceptors (Lipinski definition) is 1. The molecule has 1 aliphatic rings. The topological polar surface area (TPSA) is 12.0 Å². The van der Waals surface area contributed by atoms with Crippen LogP contribution in [0.25, 0.3) is 0 Å². The van der Waals surface area contributed by atoms with Crippen LogP contribution in [-0.4, -0.2) is 12.6 Å². The molecule has 1 unspecified atom stereocenters. The van der Waals surface area contributed by atoms with Gasteiger partial charge in [-0.05, 0) is 60.9 Å². The van der Waals surface area contributed by atoms with Crippen molar-refractivity contribution < 1.29 is 0 Å². The van der Waals surface area contributed by atoms with Gasteiger partial charge in [0.05, 0.1) is 0 Å². The number of benzene rings is 1. The normalized spacial score (nSPS) is 19.7. The molecule has 0 aliphatic heterocycles. The Bertz CT molecular complexity index is 406. The molecule has 0 saturated carbocycles. The Morgan fingerprint density at radius 1 is 1.28 bits per heavy atom. The highest BCUT2D eigenvalue weighted by molar-refractivity contribution is 9.10. The minimum atomic E-state index is 0.435. The summed E-state index contributed by atoms with van der Waals surface area (Å²) in [6.07, 6.45) is 4.92. The molecule has 0 spiro atoms. The molecule has 1 aromatic carbocycles. The van der Waals surface area contributed by atoms with Gasteiger partial charge in [0.2, 0.25) is 0 Å². The molecule has 0 heterocycles. The minimum absolute atomic E-state index is 0.435. The average molecular weight is 310 g/mol. The van der Waals surface area contributed by atoms with E-state index in [4.69, 9.17) is 0 Å². The van der Waals surface area contributed by atoms with E-state index in [1.165, 1.54) is 41.3 Å². The molecule has 0 radical (unpaired) electrons. The van der Waals surface area contributed by atoms with Crippen molar-refractivity contribution in [3.8, 4) is 0 Å². The molecule has 0 bridgehead atoms. The number of fused-ring (bicyclic) bond motifs is 1. The van der Waals surface area contributed by atoms with Crippen molar-refractivity contribution in [3.05, 3.63) is 33.8 Å². The Morgan fingerprint density at radius 3 is 2.78 bits per heavy atom. The number of halogens is 1. The molecule has 0 fully saturated rings. The fourth-order valence-corrected chi connectivity index (χ4v) is 2.96. The van der Waals surface area contributed by atoms with Crippen molar-refractivity contribution in [2.45, 2.75) is 52.5 Å². The highest BCUT2D eigenvalue weighted by atomic mass is 79.9. The molecule has 1 aliphatic carbocycles. The van der Waals surface area contributed by atoms with E-state index in [2.05, 4.69) is 60.2 Å². The average Bonchev–Trinajstić information content (AvgIpc) is 2.27. The summed E-state index contributed by atoms with van der Waals surface area (Å²) in [5.74, 6) is 0. The molecule has 0 amide bonds. The highest BCUT2D eigenvalue weighted by Gasteiger charge is 2.19. The van der Waals surface area contributed by atoms with Gasteiger partial charge in [-0.15, -0.1) is 0 Å². The first kappa shape index (κ1) is 14.1. The smallest absolute Gasteiger partial charge is 0.0178 e. The van der Waals surface area contributed by atoms with Crippen LogP contribution in [0.3, 0.4) is 0 Å². The molecule has 1 nitrogen and oxygen atoms in total.